The van der Waals surface area contributed by atoms with Gasteiger partial charge in [-0.15, -0.1) is 0 Å². The fourth-order valence-electron chi connectivity index (χ4n) is 2.47. The van der Waals surface area contributed by atoms with Crippen molar-refractivity contribution >= 4 is 35.1 Å². The zero-order valence-corrected chi connectivity index (χ0v) is 17.0. The molecule has 30 heavy (non-hydrogen) atoms. The molecular weight excluding hydrogens is 429 g/mol. The van der Waals surface area contributed by atoms with Crippen LogP contribution < -0.4 is 5.32 Å². The Morgan fingerprint density at radius 1 is 1.20 bits per heavy atom. The summed E-state index contributed by atoms with van der Waals surface area (Å²) < 4.78 is 48.8. The Kier molecular flexibility index (Phi) is 7.14. The Hall–Kier alpha value is -3.01. The smallest absolute Gasteiger partial charge is 0.417 e. The van der Waals surface area contributed by atoms with Crippen LogP contribution in [0.3, 0.4) is 0 Å². The molecule has 0 fully saturated rings. The maximum Gasteiger partial charge on any atom is 0.417 e. The largest absolute Gasteiger partial charge is 0.466 e. The second kappa shape index (κ2) is 9.21. The van der Waals surface area contributed by atoms with Crippen molar-refractivity contribution in [2.45, 2.75) is 20.0 Å². The van der Waals surface area contributed by atoms with Crippen LogP contribution in [0.25, 0.3) is 0 Å². The van der Waals surface area contributed by atoms with Gasteiger partial charge in [0.15, 0.2) is 6.61 Å². The van der Waals surface area contributed by atoms with E-state index in [4.69, 9.17) is 20.8 Å². The number of nitrogens with zero attached hydrogens (tertiary/aromatic N) is 1. The summed E-state index contributed by atoms with van der Waals surface area (Å²) >= 11 is 5.53. The first-order valence-electron chi connectivity index (χ1n) is 8.53. The van der Waals surface area contributed by atoms with Crippen molar-refractivity contribution in [1.29, 1.82) is 0 Å². The highest BCUT2D eigenvalue weighted by atomic mass is 35.5. The number of hydrogen-bond donors (Lipinski definition) is 1. The number of halogens is 4. The number of likely N-dealkylation sites (N-methyl/N-ethyl adjacent to an activating group) is 1. The summed E-state index contributed by atoms with van der Waals surface area (Å²) in [6.07, 6.45) is -4.68. The number of nitrogens with one attached hydrogen (secondary N) is 1. The Labute approximate surface area is 174 Å². The molecule has 1 aromatic heterocycles. The number of carbonyl (C=O) groups excluding carboxylic acids is 3. The topological polar surface area (TPSA) is 88.9 Å². The molecular formula is C19H18ClF3N2O5. The monoisotopic (exact) mass is 446 g/mol. The van der Waals surface area contributed by atoms with Crippen LogP contribution in [0.2, 0.25) is 5.02 Å². The molecule has 2 aromatic rings. The average molecular weight is 447 g/mol. The van der Waals surface area contributed by atoms with Crippen LogP contribution in [0.15, 0.2) is 28.7 Å². The molecule has 7 nitrogen and oxygen atoms in total. The van der Waals surface area contributed by atoms with Gasteiger partial charge in [-0.1, -0.05) is 11.6 Å². The number of aryl methyl sites for hydroxylation is 2. The maximum absolute atomic E-state index is 12.9. The number of esters is 1. The highest BCUT2D eigenvalue weighted by Crippen LogP contribution is 2.36. The van der Waals surface area contributed by atoms with Crippen molar-refractivity contribution in [3.63, 3.8) is 0 Å². The van der Waals surface area contributed by atoms with Crippen LogP contribution in [-0.4, -0.2) is 42.9 Å². The number of benzene rings is 1. The van der Waals surface area contributed by atoms with Crippen molar-refractivity contribution in [2.24, 2.45) is 0 Å². The first-order chi connectivity index (χ1) is 13.9. The number of amides is 2. The Morgan fingerprint density at radius 2 is 1.87 bits per heavy atom. The van der Waals surface area contributed by atoms with Gasteiger partial charge in [0.05, 0.1) is 17.1 Å². The Bertz CT molecular complexity index is 972. The van der Waals surface area contributed by atoms with E-state index >= 15 is 0 Å². The molecule has 162 valence electrons. The molecule has 2 amide bonds. The molecule has 0 unspecified atom stereocenters. The minimum absolute atomic E-state index is 0.130. The number of carbonyl (C=O) groups is 3. The van der Waals surface area contributed by atoms with Crippen molar-refractivity contribution in [3.05, 3.63) is 51.9 Å². The molecule has 0 atom stereocenters. The lowest BCUT2D eigenvalue weighted by molar-refractivity contribution is -0.137. The standard InChI is InChI=1S/C19H18ClF3N2O5/c1-10-6-13(11(2)30-10)18(28)29-9-17(27)25(3)8-16(26)24-12-4-5-15(20)14(7-12)19(21,22)23/h4-7H,8-9H2,1-3H3,(H,24,26). The van der Waals surface area contributed by atoms with Gasteiger partial charge >= 0.3 is 12.1 Å². The van der Waals surface area contributed by atoms with Gasteiger partial charge < -0.3 is 19.4 Å². The summed E-state index contributed by atoms with van der Waals surface area (Å²) in [5, 5.41) is 1.75. The number of anilines is 1. The molecule has 0 spiro atoms. The van der Waals surface area contributed by atoms with Gasteiger partial charge in [-0.2, -0.15) is 13.2 Å². The summed E-state index contributed by atoms with van der Waals surface area (Å²) in [4.78, 5) is 37.1. The van der Waals surface area contributed by atoms with E-state index in [1.165, 1.54) is 19.2 Å². The van der Waals surface area contributed by atoms with E-state index in [1.54, 1.807) is 13.8 Å². The lowest BCUT2D eigenvalue weighted by Gasteiger charge is -2.17. The molecule has 1 heterocycles. The van der Waals surface area contributed by atoms with E-state index in [1.807, 2.05) is 0 Å². The van der Waals surface area contributed by atoms with Gasteiger partial charge in [0, 0.05) is 12.7 Å². The second-order valence-corrected chi connectivity index (χ2v) is 6.80. The third kappa shape index (κ3) is 5.99. The number of hydrogen-bond acceptors (Lipinski definition) is 5. The molecule has 11 heteroatoms. The minimum Gasteiger partial charge on any atom is -0.466 e. The first kappa shape index (κ1) is 23.3. The number of rotatable bonds is 6. The Morgan fingerprint density at radius 3 is 2.43 bits per heavy atom. The van der Waals surface area contributed by atoms with Gasteiger partial charge in [-0.3, -0.25) is 9.59 Å². The molecule has 1 N–H and O–H groups in total. The van der Waals surface area contributed by atoms with E-state index in [0.717, 1.165) is 11.0 Å². The molecule has 0 saturated heterocycles. The highest BCUT2D eigenvalue weighted by Gasteiger charge is 2.33. The summed E-state index contributed by atoms with van der Waals surface area (Å²) in [6.45, 7) is 2.14. The molecule has 0 aliphatic rings. The van der Waals surface area contributed by atoms with Gasteiger partial charge in [-0.25, -0.2) is 4.79 Å². The van der Waals surface area contributed by atoms with Gasteiger partial charge in [-0.05, 0) is 38.1 Å². The average Bonchev–Trinajstić information content (AvgIpc) is 2.98. The molecule has 0 aliphatic carbocycles. The Balaban J connectivity index is 1.90. The molecule has 0 aliphatic heterocycles. The number of ether oxygens (including phenoxy) is 1. The predicted octanol–water partition coefficient (Wildman–Crippen LogP) is 3.82. The fraction of sp³-hybridized carbons (Fsp3) is 0.316. The summed E-state index contributed by atoms with van der Waals surface area (Å²) in [5.74, 6) is -1.32. The summed E-state index contributed by atoms with van der Waals surface area (Å²) in [6, 6.07) is 4.38. The molecule has 0 bridgehead atoms. The quantitative estimate of drug-likeness (QED) is 0.681. The summed E-state index contributed by atoms with van der Waals surface area (Å²) in [7, 11) is 1.28. The van der Waals surface area contributed by atoms with Crippen molar-refractivity contribution in [3.8, 4) is 0 Å². The zero-order valence-electron chi connectivity index (χ0n) is 16.2. The second-order valence-electron chi connectivity index (χ2n) is 6.39. The van der Waals surface area contributed by atoms with Crippen molar-refractivity contribution < 1.29 is 36.7 Å². The zero-order chi connectivity index (χ0) is 22.6. The minimum atomic E-state index is -4.68. The van der Waals surface area contributed by atoms with E-state index in [9.17, 15) is 27.6 Å². The van der Waals surface area contributed by atoms with Gasteiger partial charge in [0.2, 0.25) is 5.91 Å². The van der Waals surface area contributed by atoms with Gasteiger partial charge in [0.25, 0.3) is 5.91 Å². The maximum atomic E-state index is 12.9. The predicted molar refractivity (Wildman–Crippen MR) is 101 cm³/mol. The van der Waals surface area contributed by atoms with Crippen LogP contribution in [0.4, 0.5) is 18.9 Å². The third-order valence-electron chi connectivity index (χ3n) is 3.95. The highest BCUT2D eigenvalue weighted by molar-refractivity contribution is 6.31. The first-order valence-corrected chi connectivity index (χ1v) is 8.91. The molecule has 0 saturated carbocycles. The van der Waals surface area contributed by atoms with Crippen LogP contribution in [0.5, 0.6) is 0 Å². The van der Waals surface area contributed by atoms with Crippen LogP contribution in [-0.2, 0) is 20.5 Å². The summed E-state index contributed by atoms with van der Waals surface area (Å²) in [5.41, 5.74) is -1.04. The lowest BCUT2D eigenvalue weighted by Crippen LogP contribution is -2.37. The van der Waals surface area contributed by atoms with E-state index < -0.39 is 47.7 Å². The van der Waals surface area contributed by atoms with Crippen LogP contribution in [0, 0.1) is 13.8 Å². The van der Waals surface area contributed by atoms with Crippen LogP contribution in [0.1, 0.15) is 27.4 Å². The normalized spacial score (nSPS) is 11.2. The number of furan rings is 1. The lowest BCUT2D eigenvalue weighted by atomic mass is 10.2. The van der Waals surface area contributed by atoms with E-state index in [-0.39, 0.29) is 11.3 Å². The SMILES string of the molecule is Cc1cc(C(=O)OCC(=O)N(C)CC(=O)Nc2ccc(Cl)c(C(F)(F)F)c2)c(C)o1. The van der Waals surface area contributed by atoms with Crippen LogP contribution >= 0.6 is 11.6 Å². The van der Waals surface area contributed by atoms with E-state index in [0.29, 0.717) is 17.6 Å². The van der Waals surface area contributed by atoms with Crippen molar-refractivity contribution in [2.75, 3.05) is 25.5 Å². The molecule has 2 rings (SSSR count). The number of alkyl halides is 3. The molecule has 1 aromatic carbocycles. The molecule has 0 radical (unpaired) electrons. The fourth-order valence-corrected chi connectivity index (χ4v) is 2.70. The van der Waals surface area contributed by atoms with Gasteiger partial charge in [0.1, 0.15) is 17.1 Å². The van der Waals surface area contributed by atoms with E-state index in [2.05, 4.69) is 5.32 Å². The third-order valence-corrected chi connectivity index (χ3v) is 4.28. The van der Waals surface area contributed by atoms with Crippen molar-refractivity contribution in [1.82, 2.24) is 4.90 Å².